The first kappa shape index (κ1) is 14.1. The van der Waals surface area contributed by atoms with Crippen LogP contribution in [0.4, 0.5) is 5.13 Å². The predicted octanol–water partition coefficient (Wildman–Crippen LogP) is 1.80. The predicted molar refractivity (Wildman–Crippen MR) is 70.0 cm³/mol. The van der Waals surface area contributed by atoms with Gasteiger partial charge in [0, 0.05) is 18.9 Å². The van der Waals surface area contributed by atoms with E-state index in [4.69, 9.17) is 5.73 Å². The second-order valence-electron chi connectivity index (χ2n) is 4.66. The Morgan fingerprint density at radius 2 is 2.12 bits per heavy atom. The van der Waals surface area contributed by atoms with Crippen LogP contribution in [0, 0.1) is 5.92 Å². The number of carbonyl (C=O) groups is 1. The molecular weight excluding hydrogens is 236 g/mol. The van der Waals surface area contributed by atoms with Crippen LogP contribution in [0.25, 0.3) is 0 Å². The highest BCUT2D eigenvalue weighted by Gasteiger charge is 2.09. The second kappa shape index (κ2) is 6.66. The van der Waals surface area contributed by atoms with E-state index < -0.39 is 0 Å². The van der Waals surface area contributed by atoms with E-state index in [9.17, 15) is 4.79 Å². The van der Waals surface area contributed by atoms with Crippen molar-refractivity contribution in [2.45, 2.75) is 46.1 Å². The van der Waals surface area contributed by atoms with Gasteiger partial charge in [-0.15, -0.1) is 10.2 Å². The summed E-state index contributed by atoms with van der Waals surface area (Å²) in [4.78, 5) is 11.5. The number of hydrogen-bond acceptors (Lipinski definition) is 5. The molecule has 0 radical (unpaired) electrons. The number of nitrogens with zero attached hydrogens (tertiary/aromatic N) is 2. The van der Waals surface area contributed by atoms with Gasteiger partial charge >= 0.3 is 0 Å². The average molecular weight is 256 g/mol. The smallest absolute Gasteiger partial charge is 0.226 e. The number of rotatable bonds is 6. The van der Waals surface area contributed by atoms with Crippen LogP contribution >= 0.6 is 11.3 Å². The number of anilines is 1. The van der Waals surface area contributed by atoms with Crippen LogP contribution in [0.5, 0.6) is 0 Å². The van der Waals surface area contributed by atoms with E-state index in [0.29, 0.717) is 23.9 Å². The van der Waals surface area contributed by atoms with Crippen LogP contribution in [0.2, 0.25) is 0 Å². The van der Waals surface area contributed by atoms with Crippen molar-refractivity contribution in [3.63, 3.8) is 0 Å². The van der Waals surface area contributed by atoms with Crippen LogP contribution < -0.4 is 11.1 Å². The SMILES string of the molecule is CC(C)Cc1nnc(NC(=O)CCC(C)N)s1. The number of nitrogens with two attached hydrogens (primary N) is 1. The Morgan fingerprint density at radius 1 is 1.41 bits per heavy atom. The van der Waals surface area contributed by atoms with Gasteiger partial charge in [-0.2, -0.15) is 0 Å². The lowest BCUT2D eigenvalue weighted by Crippen LogP contribution is -2.19. The molecule has 0 aliphatic heterocycles. The second-order valence-corrected chi connectivity index (χ2v) is 5.73. The Morgan fingerprint density at radius 3 is 2.71 bits per heavy atom. The lowest BCUT2D eigenvalue weighted by Gasteiger charge is -2.03. The summed E-state index contributed by atoms with van der Waals surface area (Å²) in [6, 6.07) is 0.0478. The first-order chi connectivity index (χ1) is 7.97. The minimum Gasteiger partial charge on any atom is -0.328 e. The molecule has 1 aromatic rings. The van der Waals surface area contributed by atoms with E-state index in [-0.39, 0.29) is 11.9 Å². The normalized spacial score (nSPS) is 12.8. The maximum atomic E-state index is 11.5. The number of amides is 1. The van der Waals surface area contributed by atoms with Crippen molar-refractivity contribution in [1.82, 2.24) is 10.2 Å². The molecule has 0 spiro atoms. The summed E-state index contributed by atoms with van der Waals surface area (Å²) in [7, 11) is 0. The van der Waals surface area contributed by atoms with Gasteiger partial charge < -0.3 is 11.1 Å². The Kier molecular flexibility index (Phi) is 5.50. The van der Waals surface area contributed by atoms with E-state index in [1.807, 2.05) is 6.92 Å². The van der Waals surface area contributed by atoms with Crippen LogP contribution in [0.1, 0.15) is 38.6 Å². The summed E-state index contributed by atoms with van der Waals surface area (Å²) < 4.78 is 0. The molecule has 0 aliphatic carbocycles. The molecule has 0 fully saturated rings. The summed E-state index contributed by atoms with van der Waals surface area (Å²) in [5.41, 5.74) is 5.59. The summed E-state index contributed by atoms with van der Waals surface area (Å²) in [6.07, 6.45) is 2.01. The molecule has 17 heavy (non-hydrogen) atoms. The van der Waals surface area contributed by atoms with Crippen molar-refractivity contribution in [3.8, 4) is 0 Å². The van der Waals surface area contributed by atoms with Crippen LogP contribution in [-0.2, 0) is 11.2 Å². The lowest BCUT2D eigenvalue weighted by atomic mass is 10.1. The van der Waals surface area contributed by atoms with Crippen molar-refractivity contribution < 1.29 is 4.79 Å². The monoisotopic (exact) mass is 256 g/mol. The molecule has 96 valence electrons. The van der Waals surface area contributed by atoms with Gasteiger partial charge in [-0.1, -0.05) is 25.2 Å². The van der Waals surface area contributed by atoms with Gasteiger partial charge in [0.25, 0.3) is 0 Å². The van der Waals surface area contributed by atoms with Gasteiger partial charge in [-0.25, -0.2) is 0 Å². The number of nitrogens with one attached hydrogen (secondary N) is 1. The molecule has 0 saturated carbocycles. The minimum absolute atomic E-state index is 0.0467. The van der Waals surface area contributed by atoms with Crippen LogP contribution in [-0.4, -0.2) is 22.1 Å². The molecule has 1 amide bonds. The third-order valence-corrected chi connectivity index (χ3v) is 2.98. The standard InChI is InChI=1S/C11H20N4OS/c1-7(2)6-10-14-15-11(17-10)13-9(16)5-4-8(3)12/h7-8H,4-6,12H2,1-3H3,(H,13,15,16). The first-order valence-electron chi connectivity index (χ1n) is 5.85. The summed E-state index contributed by atoms with van der Waals surface area (Å²) in [5, 5.41) is 12.3. The molecule has 0 bridgehead atoms. The van der Waals surface area contributed by atoms with Crippen molar-refractivity contribution >= 4 is 22.4 Å². The molecule has 0 saturated heterocycles. The van der Waals surface area contributed by atoms with E-state index in [1.165, 1.54) is 11.3 Å². The molecule has 1 atom stereocenters. The van der Waals surface area contributed by atoms with Gasteiger partial charge in [0.15, 0.2) is 0 Å². The van der Waals surface area contributed by atoms with Gasteiger partial charge in [0.1, 0.15) is 5.01 Å². The van der Waals surface area contributed by atoms with Gasteiger partial charge in [-0.05, 0) is 19.3 Å². The molecule has 0 aromatic carbocycles. The van der Waals surface area contributed by atoms with E-state index in [2.05, 4.69) is 29.4 Å². The fourth-order valence-corrected chi connectivity index (χ4v) is 2.24. The van der Waals surface area contributed by atoms with Gasteiger partial charge in [0.2, 0.25) is 11.0 Å². The molecule has 1 aromatic heterocycles. The summed E-state index contributed by atoms with van der Waals surface area (Å²) in [5.74, 6) is 0.499. The third kappa shape index (κ3) is 5.74. The topological polar surface area (TPSA) is 80.9 Å². The molecule has 1 rings (SSSR count). The largest absolute Gasteiger partial charge is 0.328 e. The van der Waals surface area contributed by atoms with Gasteiger partial charge in [-0.3, -0.25) is 4.79 Å². The Labute approximate surface area is 106 Å². The van der Waals surface area contributed by atoms with Crippen LogP contribution in [0.15, 0.2) is 0 Å². The highest BCUT2D eigenvalue weighted by atomic mass is 32.1. The highest BCUT2D eigenvalue weighted by molar-refractivity contribution is 7.15. The fourth-order valence-electron chi connectivity index (χ4n) is 1.28. The summed E-state index contributed by atoms with van der Waals surface area (Å²) >= 11 is 1.44. The number of aromatic nitrogens is 2. The quantitative estimate of drug-likeness (QED) is 0.813. The molecular formula is C11H20N4OS. The zero-order chi connectivity index (χ0) is 12.8. The number of hydrogen-bond donors (Lipinski definition) is 2. The highest BCUT2D eigenvalue weighted by Crippen LogP contribution is 2.18. The molecule has 6 heteroatoms. The van der Waals surface area contributed by atoms with Crippen LogP contribution in [0.3, 0.4) is 0 Å². The third-order valence-electron chi connectivity index (χ3n) is 2.12. The van der Waals surface area contributed by atoms with Crippen molar-refractivity contribution in [1.29, 1.82) is 0 Å². The van der Waals surface area contributed by atoms with E-state index in [0.717, 1.165) is 11.4 Å². The molecule has 0 aliphatic rings. The fraction of sp³-hybridized carbons (Fsp3) is 0.727. The average Bonchev–Trinajstić information content (AvgIpc) is 2.61. The Hall–Kier alpha value is -1.01. The zero-order valence-corrected chi connectivity index (χ0v) is 11.4. The van der Waals surface area contributed by atoms with Gasteiger partial charge in [0.05, 0.1) is 0 Å². The molecule has 5 nitrogen and oxygen atoms in total. The molecule has 3 N–H and O–H groups in total. The van der Waals surface area contributed by atoms with E-state index in [1.54, 1.807) is 0 Å². The maximum Gasteiger partial charge on any atom is 0.226 e. The van der Waals surface area contributed by atoms with Crippen molar-refractivity contribution in [3.05, 3.63) is 5.01 Å². The Bertz CT molecular complexity index is 362. The minimum atomic E-state index is -0.0467. The molecule has 1 unspecified atom stereocenters. The van der Waals surface area contributed by atoms with E-state index >= 15 is 0 Å². The van der Waals surface area contributed by atoms with Crippen molar-refractivity contribution in [2.24, 2.45) is 11.7 Å². The lowest BCUT2D eigenvalue weighted by molar-refractivity contribution is -0.116. The summed E-state index contributed by atoms with van der Waals surface area (Å²) in [6.45, 7) is 6.14. The maximum absolute atomic E-state index is 11.5. The number of carbonyl (C=O) groups excluding carboxylic acids is 1. The molecule has 1 heterocycles. The Balaban J connectivity index is 2.40. The van der Waals surface area contributed by atoms with Crippen molar-refractivity contribution in [2.75, 3.05) is 5.32 Å². The first-order valence-corrected chi connectivity index (χ1v) is 6.67. The zero-order valence-electron chi connectivity index (χ0n) is 10.6.